The van der Waals surface area contributed by atoms with Crippen LogP contribution in [-0.2, 0) is 4.79 Å². The molecular weight excluding hydrogens is 325 g/mol. The van der Waals surface area contributed by atoms with Gasteiger partial charge in [-0.25, -0.2) is 14.1 Å². The molecule has 3 aromatic rings. The summed E-state index contributed by atoms with van der Waals surface area (Å²) in [4.78, 5) is 29.8. The number of rotatable bonds is 2. The maximum absolute atomic E-state index is 14.4. The van der Waals surface area contributed by atoms with Crippen molar-refractivity contribution in [2.24, 2.45) is 0 Å². The standard InChI is InChI=1S/C17H12FN5O2/c18-12-7-11(5-6-14(12)23-10-19-9-20-23)17(25)22-8-16(24)21-13-3-1-2-4-15(13)22/h1-7,9-10H,8H2,(H,21,24). The smallest absolute Gasteiger partial charge is 0.258 e. The summed E-state index contributed by atoms with van der Waals surface area (Å²) >= 11 is 0. The Morgan fingerprint density at radius 2 is 2.00 bits per heavy atom. The molecule has 2 aromatic carbocycles. The highest BCUT2D eigenvalue weighted by Gasteiger charge is 2.27. The molecule has 0 saturated heterocycles. The lowest BCUT2D eigenvalue weighted by Gasteiger charge is -2.29. The van der Waals surface area contributed by atoms with Crippen molar-refractivity contribution in [1.82, 2.24) is 14.8 Å². The number of halogens is 1. The second-order valence-corrected chi connectivity index (χ2v) is 5.46. The van der Waals surface area contributed by atoms with Crippen LogP contribution < -0.4 is 10.2 Å². The Hall–Kier alpha value is -3.55. The van der Waals surface area contributed by atoms with Gasteiger partial charge in [0.25, 0.3) is 5.91 Å². The Morgan fingerprint density at radius 1 is 1.16 bits per heavy atom. The van der Waals surface area contributed by atoms with Crippen LogP contribution >= 0.6 is 0 Å². The maximum atomic E-state index is 14.4. The first-order chi connectivity index (χ1) is 12.1. The molecule has 124 valence electrons. The number of anilines is 2. The SMILES string of the molecule is O=C1CN(C(=O)c2ccc(-n3cncn3)c(F)c2)c2ccccc2N1. The number of benzene rings is 2. The summed E-state index contributed by atoms with van der Waals surface area (Å²) < 4.78 is 15.6. The molecule has 2 amide bonds. The van der Waals surface area contributed by atoms with Crippen LogP contribution in [0.1, 0.15) is 10.4 Å². The summed E-state index contributed by atoms with van der Waals surface area (Å²) in [5.74, 6) is -1.36. The fourth-order valence-electron chi connectivity index (χ4n) is 2.73. The molecule has 0 radical (unpaired) electrons. The third-order valence-electron chi connectivity index (χ3n) is 3.88. The van der Waals surface area contributed by atoms with Gasteiger partial charge in [-0.2, -0.15) is 5.10 Å². The Kier molecular flexibility index (Phi) is 3.50. The second kappa shape index (κ2) is 5.82. The molecule has 8 heteroatoms. The summed E-state index contributed by atoms with van der Waals surface area (Å²) in [6.07, 6.45) is 2.66. The number of para-hydroxylation sites is 2. The topological polar surface area (TPSA) is 80.1 Å². The first-order valence-electron chi connectivity index (χ1n) is 7.49. The van der Waals surface area contributed by atoms with Crippen LogP contribution in [0.3, 0.4) is 0 Å². The number of amides is 2. The van der Waals surface area contributed by atoms with Crippen LogP contribution in [0, 0.1) is 5.82 Å². The number of nitrogens with zero attached hydrogens (tertiary/aromatic N) is 4. The van der Waals surface area contributed by atoms with E-state index in [1.165, 1.54) is 34.4 Å². The minimum Gasteiger partial charge on any atom is -0.323 e. The van der Waals surface area contributed by atoms with Gasteiger partial charge >= 0.3 is 0 Å². The molecule has 0 spiro atoms. The van der Waals surface area contributed by atoms with Crippen LogP contribution in [0.15, 0.2) is 55.1 Å². The lowest BCUT2D eigenvalue weighted by Crippen LogP contribution is -2.42. The van der Waals surface area contributed by atoms with Crippen LogP contribution in [-0.4, -0.2) is 33.1 Å². The van der Waals surface area contributed by atoms with E-state index in [1.807, 2.05) is 0 Å². The largest absolute Gasteiger partial charge is 0.323 e. The van der Waals surface area contributed by atoms with Gasteiger partial charge < -0.3 is 5.32 Å². The molecule has 1 aliphatic rings. The van der Waals surface area contributed by atoms with Crippen molar-refractivity contribution in [3.63, 3.8) is 0 Å². The van der Waals surface area contributed by atoms with Gasteiger partial charge in [-0.1, -0.05) is 12.1 Å². The van der Waals surface area contributed by atoms with E-state index in [4.69, 9.17) is 0 Å². The highest BCUT2D eigenvalue weighted by atomic mass is 19.1. The molecule has 1 aromatic heterocycles. The average Bonchev–Trinajstić information content (AvgIpc) is 3.14. The number of hydrogen-bond acceptors (Lipinski definition) is 4. The van der Waals surface area contributed by atoms with E-state index in [0.717, 1.165) is 6.07 Å². The molecule has 1 N–H and O–H groups in total. The fourth-order valence-corrected chi connectivity index (χ4v) is 2.73. The number of fused-ring (bicyclic) bond motifs is 1. The average molecular weight is 337 g/mol. The molecule has 1 aliphatic heterocycles. The zero-order valence-electron chi connectivity index (χ0n) is 12.9. The quantitative estimate of drug-likeness (QED) is 0.776. The van der Waals surface area contributed by atoms with Crippen molar-refractivity contribution < 1.29 is 14.0 Å². The van der Waals surface area contributed by atoms with E-state index in [2.05, 4.69) is 15.4 Å². The molecule has 25 heavy (non-hydrogen) atoms. The van der Waals surface area contributed by atoms with E-state index in [-0.39, 0.29) is 23.7 Å². The van der Waals surface area contributed by atoms with Gasteiger partial charge in [-0.15, -0.1) is 0 Å². The third kappa shape index (κ3) is 2.63. The molecule has 7 nitrogen and oxygen atoms in total. The number of aromatic nitrogens is 3. The maximum Gasteiger partial charge on any atom is 0.258 e. The minimum absolute atomic E-state index is 0.123. The zero-order valence-corrected chi connectivity index (χ0v) is 12.9. The fraction of sp³-hybridized carbons (Fsp3) is 0.0588. The van der Waals surface area contributed by atoms with Crippen molar-refractivity contribution in [2.75, 3.05) is 16.8 Å². The molecule has 0 aliphatic carbocycles. The van der Waals surface area contributed by atoms with Crippen LogP contribution in [0.5, 0.6) is 0 Å². The van der Waals surface area contributed by atoms with Crippen LogP contribution in [0.2, 0.25) is 0 Å². The van der Waals surface area contributed by atoms with Crippen molar-refractivity contribution in [3.8, 4) is 5.69 Å². The molecule has 0 bridgehead atoms. The first-order valence-corrected chi connectivity index (χ1v) is 7.49. The molecule has 0 saturated carbocycles. The Morgan fingerprint density at radius 3 is 2.76 bits per heavy atom. The van der Waals surface area contributed by atoms with Crippen molar-refractivity contribution in [1.29, 1.82) is 0 Å². The highest BCUT2D eigenvalue weighted by molar-refractivity contribution is 6.15. The van der Waals surface area contributed by atoms with E-state index in [9.17, 15) is 14.0 Å². The number of hydrogen-bond donors (Lipinski definition) is 1. The van der Waals surface area contributed by atoms with Crippen molar-refractivity contribution in [3.05, 3.63) is 66.5 Å². The Bertz CT molecular complexity index is 971. The Labute approximate surface area is 141 Å². The molecule has 4 rings (SSSR count). The first kappa shape index (κ1) is 15.0. The van der Waals surface area contributed by atoms with Gasteiger partial charge in [0, 0.05) is 5.56 Å². The van der Waals surface area contributed by atoms with E-state index < -0.39 is 11.7 Å². The zero-order chi connectivity index (χ0) is 17.4. The molecule has 0 fully saturated rings. The lowest BCUT2D eigenvalue weighted by molar-refractivity contribution is -0.115. The predicted molar refractivity (Wildman–Crippen MR) is 88.1 cm³/mol. The lowest BCUT2D eigenvalue weighted by atomic mass is 10.1. The van der Waals surface area contributed by atoms with Gasteiger partial charge in [-0.05, 0) is 30.3 Å². The summed E-state index contributed by atoms with van der Waals surface area (Å²) in [6.45, 7) is -0.123. The normalized spacial score (nSPS) is 13.3. The van der Waals surface area contributed by atoms with Gasteiger partial charge in [0.15, 0.2) is 0 Å². The summed E-state index contributed by atoms with van der Waals surface area (Å²) in [5, 5.41) is 6.58. The van der Waals surface area contributed by atoms with Gasteiger partial charge in [0.1, 0.15) is 30.7 Å². The number of carbonyl (C=O) groups excluding carboxylic acids is 2. The molecule has 2 heterocycles. The van der Waals surface area contributed by atoms with Crippen molar-refractivity contribution in [2.45, 2.75) is 0 Å². The molecule has 0 atom stereocenters. The third-order valence-corrected chi connectivity index (χ3v) is 3.88. The van der Waals surface area contributed by atoms with Crippen molar-refractivity contribution >= 4 is 23.2 Å². The van der Waals surface area contributed by atoms with Gasteiger partial charge in [0.2, 0.25) is 5.91 Å². The van der Waals surface area contributed by atoms with E-state index in [1.54, 1.807) is 24.3 Å². The van der Waals surface area contributed by atoms with Crippen LogP contribution in [0.25, 0.3) is 5.69 Å². The Balaban J connectivity index is 1.70. The second-order valence-electron chi connectivity index (χ2n) is 5.46. The highest BCUT2D eigenvalue weighted by Crippen LogP contribution is 2.30. The van der Waals surface area contributed by atoms with Gasteiger partial charge in [-0.3, -0.25) is 14.5 Å². The van der Waals surface area contributed by atoms with E-state index >= 15 is 0 Å². The summed E-state index contributed by atoms with van der Waals surface area (Å²) in [5.41, 5.74) is 1.45. The molecular formula is C17H12FN5O2. The minimum atomic E-state index is -0.605. The number of nitrogens with one attached hydrogen (secondary N) is 1. The number of carbonyl (C=O) groups is 2. The predicted octanol–water partition coefficient (Wildman–Crippen LogP) is 2.01. The van der Waals surface area contributed by atoms with E-state index in [0.29, 0.717) is 11.4 Å². The molecule has 0 unspecified atom stereocenters. The summed E-state index contributed by atoms with van der Waals surface area (Å²) in [6, 6.07) is 11.1. The van der Waals surface area contributed by atoms with Crippen LogP contribution in [0.4, 0.5) is 15.8 Å². The van der Waals surface area contributed by atoms with Gasteiger partial charge in [0.05, 0.1) is 11.4 Å². The summed E-state index contributed by atoms with van der Waals surface area (Å²) in [7, 11) is 0. The monoisotopic (exact) mass is 337 g/mol.